The monoisotopic (exact) mass is 521 g/mol. The van der Waals surface area contributed by atoms with Crippen LogP contribution in [0.15, 0.2) is 65.7 Å². The summed E-state index contributed by atoms with van der Waals surface area (Å²) in [6.45, 7) is 0.389. The van der Waals surface area contributed by atoms with Gasteiger partial charge in [-0.15, -0.1) is 23.1 Å². The molecule has 184 valence electrons. The van der Waals surface area contributed by atoms with Crippen molar-refractivity contribution in [3.63, 3.8) is 0 Å². The maximum Gasteiger partial charge on any atom is 0.323 e. The number of nitrogens with one attached hydrogen (secondary N) is 1. The average Bonchev–Trinajstić information content (AvgIpc) is 3.48. The molecule has 0 saturated heterocycles. The van der Waals surface area contributed by atoms with E-state index in [9.17, 15) is 13.6 Å². The molecule has 2 amide bonds. The van der Waals surface area contributed by atoms with E-state index in [1.165, 1.54) is 16.9 Å². The summed E-state index contributed by atoms with van der Waals surface area (Å²) >= 11 is 3.48. The topological polar surface area (TPSA) is 37.3 Å². The fourth-order valence-corrected chi connectivity index (χ4v) is 7.12. The minimum absolute atomic E-state index is 0.163. The Kier molecular flexibility index (Phi) is 6.09. The molecule has 1 N–H and O–H groups in total. The smallest absolute Gasteiger partial charge is 0.310 e. The van der Waals surface area contributed by atoms with Crippen molar-refractivity contribution < 1.29 is 13.6 Å². The summed E-state index contributed by atoms with van der Waals surface area (Å²) in [6, 6.07) is 14.5. The molecule has 6 rings (SSSR count). The van der Waals surface area contributed by atoms with Crippen LogP contribution in [-0.2, 0) is 19.4 Å². The number of anilines is 1. The van der Waals surface area contributed by atoms with Crippen molar-refractivity contribution in [2.45, 2.75) is 43.2 Å². The zero-order valence-corrected chi connectivity index (χ0v) is 21.4. The van der Waals surface area contributed by atoms with Crippen LogP contribution in [0.5, 0.6) is 0 Å². The van der Waals surface area contributed by atoms with Gasteiger partial charge in [0.2, 0.25) is 0 Å². The van der Waals surface area contributed by atoms with Crippen molar-refractivity contribution in [3.8, 4) is 5.00 Å². The lowest BCUT2D eigenvalue weighted by molar-refractivity contribution is 0.194. The number of aryl methyl sites for hydroxylation is 1. The lowest BCUT2D eigenvalue weighted by atomic mass is 9.95. The molecule has 0 spiro atoms. The number of nitrogens with zero attached hydrogens (tertiary/aromatic N) is 2. The van der Waals surface area contributed by atoms with Crippen LogP contribution in [0.2, 0.25) is 0 Å². The fraction of sp³-hybridized carbons (Fsp3) is 0.250. The van der Waals surface area contributed by atoms with Crippen LogP contribution >= 0.6 is 23.1 Å². The summed E-state index contributed by atoms with van der Waals surface area (Å²) in [6.07, 6.45) is 8.46. The van der Waals surface area contributed by atoms with Crippen LogP contribution in [-0.4, -0.2) is 21.8 Å². The van der Waals surface area contributed by atoms with Crippen molar-refractivity contribution in [2.75, 3.05) is 11.6 Å². The van der Waals surface area contributed by atoms with Crippen molar-refractivity contribution in [1.82, 2.24) is 9.47 Å². The molecule has 8 heteroatoms. The van der Waals surface area contributed by atoms with Crippen LogP contribution in [0.1, 0.15) is 46.1 Å². The summed E-state index contributed by atoms with van der Waals surface area (Å²) < 4.78 is 30.6. The third-order valence-corrected chi connectivity index (χ3v) is 9.12. The van der Waals surface area contributed by atoms with E-state index in [4.69, 9.17) is 0 Å². The molecular weight excluding hydrogens is 496 g/mol. The Morgan fingerprint density at radius 3 is 2.67 bits per heavy atom. The highest BCUT2D eigenvalue weighted by molar-refractivity contribution is 7.98. The first kappa shape index (κ1) is 23.3. The molecule has 0 unspecified atom stereocenters. The molecular formula is C28H25F2N3OS2. The fourth-order valence-electron chi connectivity index (χ4n) is 5.30. The van der Waals surface area contributed by atoms with Gasteiger partial charge in [0.1, 0.15) is 16.6 Å². The number of thiophene rings is 1. The van der Waals surface area contributed by atoms with E-state index in [2.05, 4.69) is 28.2 Å². The highest BCUT2D eigenvalue weighted by atomic mass is 32.2. The number of hydrogen-bond acceptors (Lipinski definition) is 3. The SMILES string of the molecule is CSc1ccc([C@H]2c3cccn3-c3sc4c(c3CN2C(=O)Nc2cc(F)ccc2F)CCCC4)cc1. The number of amides is 2. The minimum atomic E-state index is -0.669. The second-order valence-corrected chi connectivity index (χ2v) is 11.1. The normalized spacial score (nSPS) is 16.6. The molecule has 2 aromatic carbocycles. The van der Waals surface area contributed by atoms with E-state index >= 15 is 0 Å². The van der Waals surface area contributed by atoms with Gasteiger partial charge in [0, 0.05) is 27.6 Å². The first-order valence-electron chi connectivity index (χ1n) is 12.0. The highest BCUT2D eigenvalue weighted by Crippen LogP contribution is 2.44. The molecule has 4 aromatic rings. The molecule has 1 atom stereocenters. The van der Waals surface area contributed by atoms with E-state index < -0.39 is 23.7 Å². The van der Waals surface area contributed by atoms with E-state index in [0.29, 0.717) is 6.54 Å². The second-order valence-electron chi connectivity index (χ2n) is 9.16. The maximum atomic E-state index is 14.5. The average molecular weight is 522 g/mol. The third kappa shape index (κ3) is 4.02. The number of carbonyl (C=O) groups excluding carboxylic acids is 1. The number of halogens is 2. The summed E-state index contributed by atoms with van der Waals surface area (Å²) in [5.41, 5.74) is 4.27. The zero-order chi connectivity index (χ0) is 24.8. The molecule has 0 radical (unpaired) electrons. The van der Waals surface area contributed by atoms with Gasteiger partial charge in [0.15, 0.2) is 0 Å². The maximum absolute atomic E-state index is 14.5. The Balaban J connectivity index is 1.49. The van der Waals surface area contributed by atoms with Gasteiger partial charge >= 0.3 is 6.03 Å². The van der Waals surface area contributed by atoms with Crippen molar-refractivity contribution >= 4 is 34.8 Å². The molecule has 1 aliphatic carbocycles. The van der Waals surface area contributed by atoms with Crippen molar-refractivity contribution in [1.29, 1.82) is 0 Å². The number of urea groups is 1. The summed E-state index contributed by atoms with van der Waals surface area (Å²) in [4.78, 5) is 18.1. The minimum Gasteiger partial charge on any atom is -0.310 e. The number of rotatable bonds is 3. The predicted molar refractivity (Wildman–Crippen MR) is 141 cm³/mol. The molecule has 2 aliphatic rings. The highest BCUT2D eigenvalue weighted by Gasteiger charge is 2.36. The van der Waals surface area contributed by atoms with E-state index in [-0.39, 0.29) is 5.69 Å². The number of aromatic nitrogens is 1. The Bertz CT molecular complexity index is 1440. The van der Waals surface area contributed by atoms with Crippen molar-refractivity contribution in [2.24, 2.45) is 0 Å². The van der Waals surface area contributed by atoms with Gasteiger partial charge in [-0.3, -0.25) is 0 Å². The van der Waals surface area contributed by atoms with Crippen molar-refractivity contribution in [3.05, 3.63) is 99.7 Å². The largest absolute Gasteiger partial charge is 0.323 e. The molecule has 4 nitrogen and oxygen atoms in total. The molecule has 2 aromatic heterocycles. The van der Waals surface area contributed by atoms with Gasteiger partial charge in [-0.25, -0.2) is 13.6 Å². The number of hydrogen-bond donors (Lipinski definition) is 1. The standard InChI is InChI=1S/C28H25F2N3OS2/c1-35-19-11-8-17(9-12-19)26-24-6-4-14-32(24)27-21(20-5-2-3-7-25(20)36-27)16-33(26)28(34)31-23-15-18(29)10-13-22(23)30/h4,6,8-15,26H,2-3,5,7,16H2,1H3,(H,31,34)/t26-/m0/s1. The van der Waals surface area contributed by atoms with Gasteiger partial charge in [-0.2, -0.15) is 0 Å². The predicted octanol–water partition coefficient (Wildman–Crippen LogP) is 7.55. The van der Waals surface area contributed by atoms with E-state index in [1.54, 1.807) is 16.7 Å². The molecule has 0 bridgehead atoms. The number of benzene rings is 2. The quantitative estimate of drug-likeness (QED) is 0.283. The van der Waals surface area contributed by atoms with Crippen LogP contribution in [0.3, 0.4) is 0 Å². The number of fused-ring (bicyclic) bond motifs is 5. The third-order valence-electron chi connectivity index (χ3n) is 7.04. The summed E-state index contributed by atoms with van der Waals surface area (Å²) in [5, 5.41) is 3.81. The zero-order valence-electron chi connectivity index (χ0n) is 19.8. The first-order valence-corrected chi connectivity index (χ1v) is 14.1. The number of carbonyl (C=O) groups is 1. The van der Waals surface area contributed by atoms with Crippen LogP contribution in [0, 0.1) is 11.6 Å². The second kappa shape index (κ2) is 9.41. The summed E-state index contributed by atoms with van der Waals surface area (Å²) in [7, 11) is 0. The molecule has 3 heterocycles. The Hall–Kier alpha value is -3.10. The van der Waals surface area contributed by atoms with Gasteiger partial charge in [-0.1, -0.05) is 12.1 Å². The van der Waals surface area contributed by atoms with Gasteiger partial charge in [-0.05, 0) is 79.5 Å². The molecule has 36 heavy (non-hydrogen) atoms. The van der Waals surface area contributed by atoms with Crippen LogP contribution in [0.4, 0.5) is 19.3 Å². The van der Waals surface area contributed by atoms with Crippen LogP contribution < -0.4 is 5.32 Å². The van der Waals surface area contributed by atoms with Gasteiger partial charge < -0.3 is 14.8 Å². The van der Waals surface area contributed by atoms with Gasteiger partial charge in [0.25, 0.3) is 0 Å². The lowest BCUT2D eigenvalue weighted by Gasteiger charge is -2.31. The Morgan fingerprint density at radius 2 is 1.86 bits per heavy atom. The Labute approximate surface area is 216 Å². The first-order chi connectivity index (χ1) is 17.5. The number of thioether (sulfide) groups is 1. The van der Waals surface area contributed by atoms with Crippen LogP contribution in [0.25, 0.3) is 5.00 Å². The Morgan fingerprint density at radius 1 is 1.06 bits per heavy atom. The molecule has 1 aliphatic heterocycles. The summed E-state index contributed by atoms with van der Waals surface area (Å²) in [5.74, 6) is -1.27. The molecule has 0 saturated carbocycles. The van der Waals surface area contributed by atoms with E-state index in [1.807, 2.05) is 41.9 Å². The van der Waals surface area contributed by atoms with Gasteiger partial charge in [0.05, 0.1) is 24.0 Å². The van der Waals surface area contributed by atoms with E-state index in [0.717, 1.165) is 64.2 Å². The lowest BCUT2D eigenvalue weighted by Crippen LogP contribution is -2.38. The molecule has 0 fully saturated rings.